The van der Waals surface area contributed by atoms with E-state index in [4.69, 9.17) is 11.3 Å². The number of para-hydroxylation sites is 1. The Morgan fingerprint density at radius 2 is 1.02 bits per heavy atom. The van der Waals surface area contributed by atoms with E-state index in [1.54, 1.807) is 0 Å². The summed E-state index contributed by atoms with van der Waals surface area (Å²) in [5.41, 5.74) is 6.80. The molecule has 190 valence electrons. The van der Waals surface area contributed by atoms with E-state index in [0.717, 1.165) is 76.5 Å². The fourth-order valence-corrected chi connectivity index (χ4v) is 6.54. The molecule has 0 bridgehead atoms. The molecule has 9 rings (SSSR count). The Labute approximate surface area is 244 Å². The summed E-state index contributed by atoms with van der Waals surface area (Å²) >= 11 is 0. The molecule has 1 heterocycles. The molecule has 0 aliphatic heterocycles. The van der Waals surface area contributed by atoms with E-state index in [1.165, 1.54) is 0 Å². The van der Waals surface area contributed by atoms with Gasteiger partial charge in [0.2, 0.25) is 0 Å². The molecule has 0 fully saturated rings. The molecule has 9 aromatic rings. The summed E-state index contributed by atoms with van der Waals surface area (Å²) in [6, 6.07) is 37.9. The first kappa shape index (κ1) is 18.0. The average molecular weight is 526 g/mol. The Hall–Kier alpha value is -5.40. The van der Waals surface area contributed by atoms with Crippen molar-refractivity contribution in [2.45, 2.75) is 0 Å². The fraction of sp³-hybridized carbons (Fsp3) is 0. The van der Waals surface area contributed by atoms with Crippen LogP contribution in [-0.4, -0.2) is 0 Å². The smallest absolute Gasteiger partial charge is 0.143 e. The van der Waals surface area contributed by atoms with Crippen LogP contribution in [0.4, 0.5) is 0 Å². The van der Waals surface area contributed by atoms with Crippen molar-refractivity contribution in [1.29, 1.82) is 0 Å². The monoisotopic (exact) mass is 525 g/mol. The normalized spacial score (nSPS) is 13.6. The van der Waals surface area contributed by atoms with Crippen molar-refractivity contribution in [1.82, 2.24) is 0 Å². The van der Waals surface area contributed by atoms with E-state index in [1.807, 2.05) is 54.6 Å². The predicted molar refractivity (Wildman–Crippen MR) is 174 cm³/mol. The summed E-state index contributed by atoms with van der Waals surface area (Å²) < 4.78 is 48.6. The second-order valence-corrected chi connectivity index (χ2v) is 10.5. The number of furan rings is 1. The van der Waals surface area contributed by atoms with Gasteiger partial charge in [-0.1, -0.05) is 133 Å². The molecule has 0 radical (unpaired) electrons. The Morgan fingerprint density at radius 3 is 1.80 bits per heavy atom. The molecule has 0 saturated heterocycles. The molecule has 1 heteroatoms. The van der Waals surface area contributed by atoms with E-state index in [9.17, 15) is 0 Å². The molecular formula is C40H24O. The zero-order valence-corrected chi connectivity index (χ0v) is 21.9. The molecule has 0 unspecified atom stereocenters. The highest BCUT2D eigenvalue weighted by Crippen LogP contribution is 2.46. The number of hydrogen-bond donors (Lipinski definition) is 0. The standard InChI is InChI=1S/C40H24O/c1-3-9-25(10-4-1)29-19-15-27-18-22-33-31(20-16-28-17-21-32(29)37(27)38(28)33)34-24-23-30(26-11-5-2-6-12-26)40-39(34)35-13-7-8-14-36(35)41-40/h1-24H/i1D,3D,4D,9D,10D. The molecule has 8 aromatic carbocycles. The van der Waals surface area contributed by atoms with Crippen LogP contribution in [0.2, 0.25) is 0 Å². The number of hydrogen-bond acceptors (Lipinski definition) is 1. The van der Waals surface area contributed by atoms with Crippen LogP contribution in [0.3, 0.4) is 0 Å². The van der Waals surface area contributed by atoms with Gasteiger partial charge in [0.05, 0.1) is 6.85 Å². The third-order valence-electron chi connectivity index (χ3n) is 8.34. The first-order chi connectivity index (χ1) is 22.4. The highest BCUT2D eigenvalue weighted by molar-refractivity contribution is 6.29. The van der Waals surface area contributed by atoms with Crippen molar-refractivity contribution in [2.75, 3.05) is 0 Å². The Balaban J connectivity index is 1.37. The van der Waals surface area contributed by atoms with Crippen LogP contribution >= 0.6 is 0 Å². The third-order valence-corrected chi connectivity index (χ3v) is 8.34. The lowest BCUT2D eigenvalue weighted by atomic mass is 9.86. The summed E-state index contributed by atoms with van der Waals surface area (Å²) in [5, 5.41) is 8.23. The summed E-state index contributed by atoms with van der Waals surface area (Å²) in [6.45, 7) is 0. The maximum absolute atomic E-state index is 8.68. The third kappa shape index (κ3) is 3.24. The highest BCUT2D eigenvalue weighted by Gasteiger charge is 2.20. The summed E-state index contributed by atoms with van der Waals surface area (Å²) in [4.78, 5) is 0. The van der Waals surface area contributed by atoms with Crippen LogP contribution in [0, 0.1) is 0 Å². The first-order valence-corrected chi connectivity index (χ1v) is 13.7. The van der Waals surface area contributed by atoms with Gasteiger partial charge in [0.1, 0.15) is 11.2 Å². The van der Waals surface area contributed by atoms with E-state index in [-0.39, 0.29) is 29.7 Å². The number of fused-ring (bicyclic) bond motifs is 3. The van der Waals surface area contributed by atoms with Crippen LogP contribution in [0.25, 0.3) is 87.6 Å². The van der Waals surface area contributed by atoms with Crippen LogP contribution < -0.4 is 0 Å². The molecule has 0 N–H and O–H groups in total. The number of rotatable bonds is 3. The van der Waals surface area contributed by atoms with Gasteiger partial charge in [-0.05, 0) is 72.3 Å². The van der Waals surface area contributed by atoms with Crippen LogP contribution in [0.5, 0.6) is 0 Å². The zero-order chi connectivity index (χ0) is 31.3. The van der Waals surface area contributed by atoms with E-state index in [2.05, 4.69) is 60.7 Å². The van der Waals surface area contributed by atoms with Crippen molar-refractivity contribution < 1.29 is 11.3 Å². The van der Waals surface area contributed by atoms with Crippen molar-refractivity contribution in [3.63, 3.8) is 0 Å². The SMILES string of the molecule is [2H]c1c([2H])c([2H])c(-c2ccc3ccc4c(-c5ccc(-c6ccccc6)c6oc7ccccc7c56)ccc5ccc2c3c54)c([2H])c1[2H]. The second-order valence-electron chi connectivity index (χ2n) is 10.5. The minimum Gasteiger partial charge on any atom is -0.455 e. The molecule has 1 nitrogen and oxygen atoms in total. The molecule has 0 spiro atoms. The first-order valence-electron chi connectivity index (χ1n) is 16.2. The van der Waals surface area contributed by atoms with Gasteiger partial charge in [-0.3, -0.25) is 0 Å². The van der Waals surface area contributed by atoms with Gasteiger partial charge in [0.25, 0.3) is 0 Å². The Morgan fingerprint density at radius 1 is 0.415 bits per heavy atom. The van der Waals surface area contributed by atoms with Gasteiger partial charge in [0.15, 0.2) is 0 Å². The van der Waals surface area contributed by atoms with Gasteiger partial charge >= 0.3 is 0 Å². The molecule has 0 aliphatic rings. The van der Waals surface area contributed by atoms with Crippen molar-refractivity contribution in [2.24, 2.45) is 0 Å². The lowest BCUT2D eigenvalue weighted by Crippen LogP contribution is -1.90. The minimum absolute atomic E-state index is 0.200. The van der Waals surface area contributed by atoms with Gasteiger partial charge in [0, 0.05) is 16.3 Å². The van der Waals surface area contributed by atoms with Gasteiger partial charge in [-0.25, -0.2) is 0 Å². The Kier molecular flexibility index (Phi) is 3.76. The van der Waals surface area contributed by atoms with Gasteiger partial charge in [-0.15, -0.1) is 0 Å². The molecule has 0 amide bonds. The Bertz CT molecular complexity index is 2660. The lowest BCUT2D eigenvalue weighted by Gasteiger charge is -2.17. The second kappa shape index (κ2) is 8.55. The zero-order valence-electron chi connectivity index (χ0n) is 26.9. The van der Waals surface area contributed by atoms with Crippen molar-refractivity contribution >= 4 is 54.3 Å². The van der Waals surface area contributed by atoms with E-state index in [0.29, 0.717) is 5.56 Å². The van der Waals surface area contributed by atoms with E-state index < -0.39 is 6.04 Å². The molecule has 41 heavy (non-hydrogen) atoms. The topological polar surface area (TPSA) is 13.1 Å². The number of benzene rings is 8. The maximum atomic E-state index is 8.68. The molecule has 0 aliphatic carbocycles. The quantitative estimate of drug-likeness (QED) is 0.209. The fourth-order valence-electron chi connectivity index (χ4n) is 6.54. The van der Waals surface area contributed by atoms with Gasteiger partial charge < -0.3 is 4.42 Å². The summed E-state index contributed by atoms with van der Waals surface area (Å²) in [5.74, 6) is 0. The molecule has 0 saturated carbocycles. The maximum Gasteiger partial charge on any atom is 0.143 e. The summed E-state index contributed by atoms with van der Waals surface area (Å²) in [6.07, 6.45) is 0. The predicted octanol–water partition coefficient (Wildman–Crippen LogP) is 11.5. The van der Waals surface area contributed by atoms with Gasteiger partial charge in [-0.2, -0.15) is 0 Å². The molecular weight excluding hydrogens is 496 g/mol. The van der Waals surface area contributed by atoms with E-state index >= 15 is 0 Å². The summed E-state index contributed by atoms with van der Waals surface area (Å²) in [7, 11) is 0. The largest absolute Gasteiger partial charge is 0.455 e. The van der Waals surface area contributed by atoms with Crippen LogP contribution in [0.1, 0.15) is 6.85 Å². The molecule has 1 aromatic heterocycles. The van der Waals surface area contributed by atoms with Crippen molar-refractivity contribution in [3.05, 3.63) is 145 Å². The van der Waals surface area contributed by atoms with Crippen LogP contribution in [-0.2, 0) is 0 Å². The highest BCUT2D eigenvalue weighted by atomic mass is 16.3. The average Bonchev–Trinajstić information content (AvgIpc) is 3.49. The lowest BCUT2D eigenvalue weighted by molar-refractivity contribution is 0.670. The van der Waals surface area contributed by atoms with Crippen molar-refractivity contribution in [3.8, 4) is 33.4 Å². The van der Waals surface area contributed by atoms with Crippen LogP contribution in [0.15, 0.2) is 150 Å². The molecule has 0 atom stereocenters. The minimum atomic E-state index is -0.391.